The largest absolute Gasteiger partial charge is 0.341 e. The number of para-hydroxylation sites is 2. The van der Waals surface area contributed by atoms with E-state index in [0.717, 1.165) is 56.2 Å². The Hall–Kier alpha value is -5.62. The molecule has 8 rings (SSSR count). The molecule has 0 saturated heterocycles. The molecule has 0 unspecified atom stereocenters. The summed E-state index contributed by atoms with van der Waals surface area (Å²) in [7, 11) is 2.10. The minimum Gasteiger partial charge on any atom is -0.341 e. The molecule has 0 spiro atoms. The summed E-state index contributed by atoms with van der Waals surface area (Å²) in [4.78, 5) is 22.3. The van der Waals surface area contributed by atoms with E-state index in [4.69, 9.17) is 19.9 Å². The van der Waals surface area contributed by atoms with Crippen molar-refractivity contribution in [2.24, 2.45) is 0 Å². The van der Waals surface area contributed by atoms with Crippen LogP contribution in [0.25, 0.3) is 62.3 Å². The summed E-state index contributed by atoms with van der Waals surface area (Å²) in [6.45, 7) is 0. The maximum Gasteiger partial charge on any atom is 0.166 e. The molecule has 0 bridgehead atoms. The Balaban J connectivity index is 1.41. The van der Waals surface area contributed by atoms with Crippen LogP contribution in [-0.2, 0) is 0 Å². The molecule has 0 amide bonds. The number of hydrogen-bond acceptors (Lipinski definition) is 5. The van der Waals surface area contributed by atoms with Gasteiger partial charge >= 0.3 is 0 Å². The standard InChI is InChI=1S/C35H24N6/c1-40-28-21-12-20-27-31(28)41(35(36-27)25-17-9-4-10-18-25)29-22-11-19-26(30(29)40)34-38-32(23-13-5-2-6-14-23)37-33(39-34)24-15-7-3-8-16-24/h2-22H,1H3. The molecule has 0 N–H and O–H groups in total. The van der Waals surface area contributed by atoms with Gasteiger partial charge in [0.25, 0.3) is 0 Å². The highest BCUT2D eigenvalue weighted by molar-refractivity contribution is 6.02. The molecule has 7 aromatic rings. The van der Waals surface area contributed by atoms with Gasteiger partial charge in [0.2, 0.25) is 0 Å². The van der Waals surface area contributed by atoms with E-state index in [1.165, 1.54) is 0 Å². The number of benzene rings is 5. The van der Waals surface area contributed by atoms with E-state index in [1.807, 2.05) is 66.7 Å². The van der Waals surface area contributed by atoms with Crippen molar-refractivity contribution < 1.29 is 0 Å². The fraction of sp³-hybridized carbons (Fsp3) is 0.0286. The third-order valence-corrected chi connectivity index (χ3v) is 7.58. The third-order valence-electron chi connectivity index (χ3n) is 7.58. The van der Waals surface area contributed by atoms with Gasteiger partial charge in [-0.05, 0) is 24.3 Å². The molecule has 0 saturated carbocycles. The highest BCUT2D eigenvalue weighted by Crippen LogP contribution is 2.47. The normalized spacial score (nSPS) is 12.0. The van der Waals surface area contributed by atoms with E-state index in [-0.39, 0.29) is 0 Å². The molecule has 0 atom stereocenters. The summed E-state index contributed by atoms with van der Waals surface area (Å²) in [6, 6.07) is 43.1. The van der Waals surface area contributed by atoms with Crippen molar-refractivity contribution in [3.05, 3.63) is 127 Å². The van der Waals surface area contributed by atoms with Crippen molar-refractivity contribution in [1.82, 2.24) is 24.5 Å². The predicted molar refractivity (Wildman–Crippen MR) is 164 cm³/mol. The van der Waals surface area contributed by atoms with E-state index in [9.17, 15) is 0 Å². The summed E-state index contributed by atoms with van der Waals surface area (Å²) in [5, 5.41) is 0. The fourth-order valence-electron chi connectivity index (χ4n) is 5.69. The van der Waals surface area contributed by atoms with E-state index in [2.05, 4.69) is 77.2 Å². The molecule has 6 nitrogen and oxygen atoms in total. The molecule has 1 aliphatic rings. The second kappa shape index (κ2) is 9.24. The van der Waals surface area contributed by atoms with Crippen LogP contribution in [0.2, 0.25) is 0 Å². The van der Waals surface area contributed by atoms with E-state index < -0.39 is 0 Å². The van der Waals surface area contributed by atoms with Crippen LogP contribution in [0.3, 0.4) is 0 Å². The first-order chi connectivity index (χ1) is 20.3. The number of imidazole rings is 1. The average molecular weight is 529 g/mol. The second-order valence-electron chi connectivity index (χ2n) is 10.1. The number of fused-ring (bicyclic) bond motifs is 2. The Morgan fingerprint density at radius 3 is 1.63 bits per heavy atom. The Labute approximate surface area is 237 Å². The molecule has 0 fully saturated rings. The summed E-state index contributed by atoms with van der Waals surface area (Å²) in [5.41, 5.74) is 9.06. The Bertz CT molecular complexity index is 1990. The summed E-state index contributed by atoms with van der Waals surface area (Å²) in [5.74, 6) is 2.81. The maximum absolute atomic E-state index is 5.09. The minimum absolute atomic E-state index is 0.624. The van der Waals surface area contributed by atoms with Gasteiger partial charge in [-0.2, -0.15) is 0 Å². The van der Waals surface area contributed by atoms with Crippen molar-refractivity contribution in [1.29, 1.82) is 0 Å². The molecule has 1 aliphatic heterocycles. The summed E-state index contributed by atoms with van der Waals surface area (Å²) >= 11 is 0. The minimum atomic E-state index is 0.624. The Kier molecular flexibility index (Phi) is 5.25. The quantitative estimate of drug-likeness (QED) is 0.232. The van der Waals surface area contributed by atoms with Crippen LogP contribution in [0.1, 0.15) is 0 Å². The number of nitrogens with zero attached hydrogens (tertiary/aromatic N) is 6. The lowest BCUT2D eigenvalue weighted by atomic mass is 10.0. The molecule has 194 valence electrons. The first-order valence-electron chi connectivity index (χ1n) is 13.6. The van der Waals surface area contributed by atoms with Crippen LogP contribution in [0.15, 0.2) is 127 Å². The fourth-order valence-corrected chi connectivity index (χ4v) is 5.69. The van der Waals surface area contributed by atoms with Gasteiger partial charge in [-0.15, -0.1) is 0 Å². The van der Waals surface area contributed by atoms with Gasteiger partial charge in [0.15, 0.2) is 17.5 Å². The summed E-state index contributed by atoms with van der Waals surface area (Å²) in [6.07, 6.45) is 0. The van der Waals surface area contributed by atoms with Crippen LogP contribution in [0, 0.1) is 0 Å². The van der Waals surface area contributed by atoms with Crippen molar-refractivity contribution in [2.45, 2.75) is 0 Å². The first-order valence-corrected chi connectivity index (χ1v) is 13.6. The Morgan fingerprint density at radius 1 is 0.463 bits per heavy atom. The average Bonchev–Trinajstić information content (AvgIpc) is 3.45. The smallest absolute Gasteiger partial charge is 0.166 e. The molecule has 0 radical (unpaired) electrons. The highest BCUT2D eigenvalue weighted by atomic mass is 15.2. The molecule has 0 aliphatic carbocycles. The molecule has 2 aromatic heterocycles. The molecule has 6 heteroatoms. The van der Waals surface area contributed by atoms with E-state index in [0.29, 0.717) is 17.5 Å². The van der Waals surface area contributed by atoms with Gasteiger partial charge in [-0.1, -0.05) is 103 Å². The van der Waals surface area contributed by atoms with E-state index in [1.54, 1.807) is 0 Å². The summed E-state index contributed by atoms with van der Waals surface area (Å²) < 4.78 is 2.27. The SMILES string of the molecule is CN1c2c(-c3nc(-c4ccccc4)nc(-c4ccccc4)n3)cccc2-n2c(-c3ccccc3)nc3cccc1c32. The van der Waals surface area contributed by atoms with Crippen LogP contribution >= 0.6 is 0 Å². The van der Waals surface area contributed by atoms with Crippen molar-refractivity contribution in [2.75, 3.05) is 11.9 Å². The lowest BCUT2D eigenvalue weighted by molar-refractivity contribution is 1.03. The number of aromatic nitrogens is 5. The maximum atomic E-state index is 5.09. The monoisotopic (exact) mass is 528 g/mol. The van der Waals surface area contributed by atoms with Crippen molar-refractivity contribution in [3.8, 4) is 51.2 Å². The Morgan fingerprint density at radius 2 is 1.00 bits per heavy atom. The van der Waals surface area contributed by atoms with Crippen molar-refractivity contribution in [3.63, 3.8) is 0 Å². The molecule has 41 heavy (non-hydrogen) atoms. The first kappa shape index (κ1) is 23.3. The zero-order chi connectivity index (χ0) is 27.3. The molecular weight excluding hydrogens is 504 g/mol. The van der Waals surface area contributed by atoms with Crippen LogP contribution in [0.5, 0.6) is 0 Å². The zero-order valence-electron chi connectivity index (χ0n) is 22.3. The highest BCUT2D eigenvalue weighted by Gasteiger charge is 2.29. The van der Waals surface area contributed by atoms with Crippen LogP contribution in [-0.4, -0.2) is 31.6 Å². The predicted octanol–water partition coefficient (Wildman–Crippen LogP) is 7.96. The molecular formula is C35H24N6. The van der Waals surface area contributed by atoms with Crippen LogP contribution in [0.4, 0.5) is 11.4 Å². The van der Waals surface area contributed by atoms with Gasteiger partial charge in [0.1, 0.15) is 5.82 Å². The number of hydrogen-bond donors (Lipinski definition) is 0. The lowest BCUT2D eigenvalue weighted by Crippen LogP contribution is -2.20. The number of anilines is 2. The van der Waals surface area contributed by atoms with Crippen molar-refractivity contribution >= 4 is 22.4 Å². The van der Waals surface area contributed by atoms with Gasteiger partial charge in [0.05, 0.1) is 28.1 Å². The second-order valence-corrected chi connectivity index (χ2v) is 10.1. The van der Waals surface area contributed by atoms with E-state index >= 15 is 0 Å². The van der Waals surface area contributed by atoms with Gasteiger partial charge in [-0.25, -0.2) is 19.9 Å². The lowest BCUT2D eigenvalue weighted by Gasteiger charge is -2.31. The zero-order valence-corrected chi connectivity index (χ0v) is 22.3. The van der Waals surface area contributed by atoms with Gasteiger partial charge in [-0.3, -0.25) is 4.57 Å². The topological polar surface area (TPSA) is 59.7 Å². The molecule has 5 aromatic carbocycles. The number of rotatable bonds is 4. The van der Waals surface area contributed by atoms with Gasteiger partial charge in [0, 0.05) is 29.3 Å². The van der Waals surface area contributed by atoms with Gasteiger partial charge < -0.3 is 4.90 Å². The molecule has 3 heterocycles. The van der Waals surface area contributed by atoms with Crippen LogP contribution < -0.4 is 4.90 Å². The third kappa shape index (κ3) is 3.72.